The van der Waals surface area contributed by atoms with E-state index >= 15 is 0 Å². The van der Waals surface area contributed by atoms with Crippen LogP contribution in [0.5, 0.6) is 11.5 Å². The number of ether oxygens (including phenoxy) is 3. The molecule has 1 unspecified atom stereocenters. The Balaban J connectivity index is 2.18. The van der Waals surface area contributed by atoms with Gasteiger partial charge in [0, 0.05) is 0 Å². The molecule has 0 spiro atoms. The second kappa shape index (κ2) is 5.27. The number of esters is 1. The molecule has 0 amide bonds. The second-order valence-corrected chi connectivity index (χ2v) is 3.95. The molecule has 0 bridgehead atoms. The van der Waals surface area contributed by atoms with Crippen LogP contribution in [0.4, 0.5) is 0 Å². The van der Waals surface area contributed by atoms with Gasteiger partial charge >= 0.3 is 5.97 Å². The van der Waals surface area contributed by atoms with Gasteiger partial charge in [-0.1, -0.05) is 6.07 Å². The van der Waals surface area contributed by atoms with Crippen LogP contribution in [-0.4, -0.2) is 25.8 Å². The van der Waals surface area contributed by atoms with Crippen LogP contribution in [0.3, 0.4) is 0 Å². The normalized spacial score (nSPS) is 15.2. The third-order valence-corrected chi connectivity index (χ3v) is 2.78. The van der Waals surface area contributed by atoms with Gasteiger partial charge in [-0.25, -0.2) is 0 Å². The van der Waals surface area contributed by atoms with Gasteiger partial charge in [0.05, 0.1) is 6.61 Å². The largest absolute Gasteiger partial charge is 0.486 e. The molecule has 0 radical (unpaired) electrons. The average molecular weight is 257 g/mol. The fourth-order valence-corrected chi connectivity index (χ4v) is 1.77. The van der Waals surface area contributed by atoms with Gasteiger partial charge in [-0.15, -0.1) is 11.6 Å². The number of halogens is 1. The zero-order valence-electron chi connectivity index (χ0n) is 9.44. The Bertz CT molecular complexity index is 419. The summed E-state index contributed by atoms with van der Waals surface area (Å²) in [5.41, 5.74) is 0.648. The van der Waals surface area contributed by atoms with E-state index in [9.17, 15) is 4.79 Å². The van der Waals surface area contributed by atoms with Gasteiger partial charge in [0.15, 0.2) is 16.9 Å². The lowest BCUT2D eigenvalue weighted by molar-refractivity contribution is -0.142. The number of hydrogen-bond donors (Lipinski definition) is 0. The van der Waals surface area contributed by atoms with E-state index in [4.69, 9.17) is 25.8 Å². The Labute approximate surface area is 104 Å². The van der Waals surface area contributed by atoms with Gasteiger partial charge in [-0.2, -0.15) is 0 Å². The van der Waals surface area contributed by atoms with Crippen molar-refractivity contribution in [2.45, 2.75) is 12.3 Å². The maximum Gasteiger partial charge on any atom is 0.328 e. The molecule has 0 N–H and O–H groups in total. The van der Waals surface area contributed by atoms with Crippen LogP contribution in [0.15, 0.2) is 18.2 Å². The van der Waals surface area contributed by atoms with Crippen LogP contribution in [0.2, 0.25) is 0 Å². The predicted molar refractivity (Wildman–Crippen MR) is 62.7 cm³/mol. The first-order valence-corrected chi connectivity index (χ1v) is 5.86. The summed E-state index contributed by atoms with van der Waals surface area (Å²) >= 11 is 6.01. The molecule has 0 saturated heterocycles. The van der Waals surface area contributed by atoms with Crippen molar-refractivity contribution in [1.29, 1.82) is 0 Å². The minimum absolute atomic E-state index is 0.312. The SMILES string of the molecule is CCOC(=O)C(Cl)c1ccc2c(c1)OCCO2. The van der Waals surface area contributed by atoms with E-state index in [0.717, 1.165) is 0 Å². The first-order chi connectivity index (χ1) is 8.22. The number of benzene rings is 1. The summed E-state index contributed by atoms with van der Waals surface area (Å²) in [6.45, 7) is 3.09. The van der Waals surface area contributed by atoms with Crippen molar-refractivity contribution in [2.75, 3.05) is 19.8 Å². The third kappa shape index (κ3) is 2.64. The number of carbonyl (C=O) groups excluding carboxylic acids is 1. The summed E-state index contributed by atoms with van der Waals surface area (Å²) in [6.07, 6.45) is 0. The first-order valence-electron chi connectivity index (χ1n) is 5.42. The van der Waals surface area contributed by atoms with Crippen LogP contribution >= 0.6 is 11.6 Å². The summed E-state index contributed by atoms with van der Waals surface area (Å²) < 4.78 is 15.7. The van der Waals surface area contributed by atoms with E-state index in [-0.39, 0.29) is 0 Å². The highest BCUT2D eigenvalue weighted by Crippen LogP contribution is 2.34. The first kappa shape index (κ1) is 12.0. The average Bonchev–Trinajstić information content (AvgIpc) is 2.37. The van der Waals surface area contributed by atoms with Crippen LogP contribution < -0.4 is 9.47 Å². The van der Waals surface area contributed by atoms with Crippen LogP contribution in [0.1, 0.15) is 17.9 Å². The molecule has 1 heterocycles. The Morgan fingerprint density at radius 3 is 2.82 bits per heavy atom. The third-order valence-electron chi connectivity index (χ3n) is 2.35. The van der Waals surface area contributed by atoms with Crippen molar-refractivity contribution < 1.29 is 19.0 Å². The molecule has 0 aliphatic carbocycles. The molecule has 17 heavy (non-hydrogen) atoms. The highest BCUT2D eigenvalue weighted by atomic mass is 35.5. The van der Waals surface area contributed by atoms with E-state index in [0.29, 0.717) is 36.9 Å². The molecular weight excluding hydrogens is 244 g/mol. The standard InChI is InChI=1S/C12H13ClO4/c1-2-15-12(14)11(13)8-3-4-9-10(7-8)17-6-5-16-9/h3-4,7,11H,2,5-6H2,1H3. The van der Waals surface area contributed by atoms with Crippen LogP contribution in [-0.2, 0) is 9.53 Å². The smallest absolute Gasteiger partial charge is 0.328 e. The molecule has 1 aromatic carbocycles. The highest BCUT2D eigenvalue weighted by molar-refractivity contribution is 6.30. The number of alkyl halides is 1. The topological polar surface area (TPSA) is 44.8 Å². The van der Waals surface area contributed by atoms with Gasteiger partial charge in [-0.05, 0) is 24.6 Å². The fraction of sp³-hybridized carbons (Fsp3) is 0.417. The van der Waals surface area contributed by atoms with Crippen molar-refractivity contribution in [1.82, 2.24) is 0 Å². The molecule has 4 nitrogen and oxygen atoms in total. The Morgan fingerprint density at radius 1 is 1.41 bits per heavy atom. The zero-order valence-corrected chi connectivity index (χ0v) is 10.2. The van der Waals surface area contributed by atoms with E-state index in [1.54, 1.807) is 25.1 Å². The van der Waals surface area contributed by atoms with Crippen molar-refractivity contribution in [3.05, 3.63) is 23.8 Å². The summed E-state index contributed by atoms with van der Waals surface area (Å²) in [7, 11) is 0. The quantitative estimate of drug-likeness (QED) is 0.615. The molecule has 2 rings (SSSR count). The monoisotopic (exact) mass is 256 g/mol. The molecule has 1 atom stereocenters. The lowest BCUT2D eigenvalue weighted by Crippen LogP contribution is -2.16. The van der Waals surface area contributed by atoms with Crippen molar-refractivity contribution in [3.63, 3.8) is 0 Å². The minimum atomic E-state index is -0.814. The maximum absolute atomic E-state index is 11.5. The molecule has 0 saturated carbocycles. The van der Waals surface area contributed by atoms with E-state index in [2.05, 4.69) is 0 Å². The van der Waals surface area contributed by atoms with Gasteiger partial charge in [-0.3, -0.25) is 4.79 Å². The molecule has 92 valence electrons. The highest BCUT2D eigenvalue weighted by Gasteiger charge is 2.21. The molecule has 0 fully saturated rings. The number of hydrogen-bond acceptors (Lipinski definition) is 4. The van der Waals surface area contributed by atoms with Crippen molar-refractivity contribution >= 4 is 17.6 Å². The summed E-state index contributed by atoms with van der Waals surface area (Å²) in [6, 6.07) is 5.20. The summed E-state index contributed by atoms with van der Waals surface area (Å²) in [5.74, 6) is 0.835. The van der Waals surface area contributed by atoms with Gasteiger partial charge in [0.1, 0.15) is 13.2 Å². The van der Waals surface area contributed by atoms with E-state index < -0.39 is 11.3 Å². The number of carbonyl (C=O) groups is 1. The van der Waals surface area contributed by atoms with Gasteiger partial charge in [0.2, 0.25) is 0 Å². The number of rotatable bonds is 3. The lowest BCUT2D eigenvalue weighted by Gasteiger charge is -2.19. The van der Waals surface area contributed by atoms with E-state index in [1.165, 1.54) is 0 Å². The second-order valence-electron chi connectivity index (χ2n) is 3.52. The maximum atomic E-state index is 11.5. The molecule has 1 aromatic rings. The van der Waals surface area contributed by atoms with Crippen molar-refractivity contribution in [3.8, 4) is 11.5 Å². The summed E-state index contributed by atoms with van der Waals surface area (Å²) in [4.78, 5) is 11.5. The molecule has 0 aromatic heterocycles. The Hall–Kier alpha value is -1.42. The molecule has 5 heteroatoms. The van der Waals surface area contributed by atoms with Gasteiger partial charge < -0.3 is 14.2 Å². The fourth-order valence-electron chi connectivity index (χ4n) is 1.57. The Kier molecular flexibility index (Phi) is 3.74. The predicted octanol–water partition coefficient (Wildman–Crippen LogP) is 2.30. The molecular formula is C12H13ClO4. The number of fused-ring (bicyclic) bond motifs is 1. The lowest BCUT2D eigenvalue weighted by atomic mass is 10.1. The Morgan fingerprint density at radius 2 is 2.12 bits per heavy atom. The van der Waals surface area contributed by atoms with Crippen LogP contribution in [0.25, 0.3) is 0 Å². The molecule has 1 aliphatic rings. The minimum Gasteiger partial charge on any atom is -0.486 e. The zero-order chi connectivity index (χ0) is 12.3. The summed E-state index contributed by atoms with van der Waals surface area (Å²) in [5, 5.41) is -0.814. The van der Waals surface area contributed by atoms with E-state index in [1.807, 2.05) is 0 Å². The van der Waals surface area contributed by atoms with Crippen LogP contribution in [0, 0.1) is 0 Å². The van der Waals surface area contributed by atoms with Gasteiger partial charge in [0.25, 0.3) is 0 Å². The molecule has 1 aliphatic heterocycles. The van der Waals surface area contributed by atoms with Crippen molar-refractivity contribution in [2.24, 2.45) is 0 Å².